The zero-order valence-electron chi connectivity index (χ0n) is 32.5. The van der Waals surface area contributed by atoms with E-state index in [1.54, 1.807) is 24.3 Å². The molecule has 1 aromatic heterocycles. The van der Waals surface area contributed by atoms with Crippen LogP contribution < -0.4 is 10.2 Å². The van der Waals surface area contributed by atoms with E-state index in [1.807, 2.05) is 47.6 Å². The maximum atomic E-state index is 13.6. The Morgan fingerprint density at radius 2 is 1.42 bits per heavy atom. The number of amides is 5. The Balaban J connectivity index is 0.744. The molecule has 10 rings (SSSR count). The van der Waals surface area contributed by atoms with Crippen molar-refractivity contribution in [2.75, 3.05) is 37.6 Å². The van der Waals surface area contributed by atoms with Gasteiger partial charge in [-0.2, -0.15) is 0 Å². The third kappa shape index (κ3) is 6.59. The lowest BCUT2D eigenvalue weighted by atomic mass is 9.71. The van der Waals surface area contributed by atoms with Crippen LogP contribution in [-0.4, -0.2) is 98.1 Å². The molecule has 0 bridgehead atoms. The molecule has 5 aliphatic rings. The highest BCUT2D eigenvalue weighted by Gasteiger charge is 2.46. The molecule has 6 heterocycles. The number of rotatable bonds is 6. The summed E-state index contributed by atoms with van der Waals surface area (Å²) in [5, 5.41) is 14.4. The van der Waals surface area contributed by atoms with E-state index in [1.165, 1.54) is 0 Å². The molecule has 5 amide bonds. The first kappa shape index (κ1) is 36.8. The van der Waals surface area contributed by atoms with Crippen LogP contribution in [0, 0.1) is 5.41 Å². The molecule has 5 aliphatic heterocycles. The van der Waals surface area contributed by atoms with Crippen molar-refractivity contribution < 1.29 is 29.1 Å². The highest BCUT2D eigenvalue weighted by molar-refractivity contribution is 6.23. The van der Waals surface area contributed by atoms with E-state index in [2.05, 4.69) is 33.3 Å². The van der Waals surface area contributed by atoms with Gasteiger partial charge in [-0.15, -0.1) is 0 Å². The van der Waals surface area contributed by atoms with Crippen LogP contribution >= 0.6 is 0 Å². The van der Waals surface area contributed by atoms with Gasteiger partial charge in [-0.25, -0.2) is 9.97 Å². The van der Waals surface area contributed by atoms with Crippen molar-refractivity contribution in [3.05, 3.63) is 107 Å². The number of likely N-dealkylation sites (tertiary alicyclic amines) is 1. The van der Waals surface area contributed by atoms with Gasteiger partial charge < -0.3 is 14.9 Å². The van der Waals surface area contributed by atoms with E-state index in [9.17, 15) is 29.1 Å². The molecule has 0 saturated carbocycles. The van der Waals surface area contributed by atoms with E-state index >= 15 is 0 Å². The van der Waals surface area contributed by atoms with Gasteiger partial charge in [0.1, 0.15) is 11.8 Å². The Morgan fingerprint density at radius 1 is 0.763 bits per heavy atom. The van der Waals surface area contributed by atoms with Gasteiger partial charge in [0.25, 0.3) is 11.8 Å². The zero-order chi connectivity index (χ0) is 40.4. The van der Waals surface area contributed by atoms with Crippen LogP contribution in [0.25, 0.3) is 33.0 Å². The summed E-state index contributed by atoms with van der Waals surface area (Å²) < 4.78 is 0. The van der Waals surface area contributed by atoms with E-state index in [4.69, 9.17) is 9.97 Å². The average Bonchev–Trinajstić information content (AvgIpc) is 3.75. The number of fused-ring (bicyclic) bond motifs is 3. The highest BCUT2D eigenvalue weighted by Crippen LogP contribution is 2.43. The molecule has 1 spiro atoms. The van der Waals surface area contributed by atoms with E-state index in [-0.39, 0.29) is 47.6 Å². The van der Waals surface area contributed by atoms with Gasteiger partial charge in [0.2, 0.25) is 23.7 Å². The first-order valence-electron chi connectivity index (χ1n) is 20.4. The molecule has 3 saturated heterocycles. The van der Waals surface area contributed by atoms with Crippen molar-refractivity contribution in [3.63, 3.8) is 0 Å². The first-order valence-corrected chi connectivity index (χ1v) is 20.4. The number of imide groups is 2. The molecule has 13 heteroatoms. The quantitative estimate of drug-likeness (QED) is 0.217. The number of aromatic hydroxyl groups is 1. The molecule has 4 aromatic carbocycles. The molecule has 0 aliphatic carbocycles. The maximum absolute atomic E-state index is 13.6. The van der Waals surface area contributed by atoms with Gasteiger partial charge >= 0.3 is 0 Å². The number of hydrogen-bond donors (Lipinski definition) is 2. The Bertz CT molecular complexity index is 2510. The van der Waals surface area contributed by atoms with Gasteiger partial charge in [0.05, 0.1) is 17.7 Å². The molecule has 2 N–H and O–H groups in total. The van der Waals surface area contributed by atoms with Crippen LogP contribution in [0.5, 0.6) is 5.75 Å². The second-order valence-electron chi connectivity index (χ2n) is 16.7. The predicted molar refractivity (Wildman–Crippen MR) is 219 cm³/mol. The monoisotopic (exact) mass is 789 g/mol. The van der Waals surface area contributed by atoms with Crippen molar-refractivity contribution in [2.45, 2.75) is 57.7 Å². The normalized spacial score (nSPS) is 20.3. The number of anilines is 1. The SMILES string of the molecule is O=C1CCC(N2C(=O)c3cc4c(cc3C2=O)CN(CC(=O)N2CCC3(CC2)CCN(c2ncc(-c5c(-c6ccccc6)ccc6cc(O)ccc56)cn2)CC3)C4)C(=O)N1. The fourth-order valence-electron chi connectivity index (χ4n) is 9.85. The van der Waals surface area contributed by atoms with Crippen molar-refractivity contribution in [3.8, 4) is 28.0 Å². The largest absolute Gasteiger partial charge is 0.508 e. The number of carbonyl (C=O) groups excluding carboxylic acids is 5. The summed E-state index contributed by atoms with van der Waals surface area (Å²) in [6, 6.07) is 22.3. The van der Waals surface area contributed by atoms with Crippen LogP contribution in [0.15, 0.2) is 85.2 Å². The summed E-state index contributed by atoms with van der Waals surface area (Å²) in [7, 11) is 0. The molecule has 59 heavy (non-hydrogen) atoms. The summed E-state index contributed by atoms with van der Waals surface area (Å²) in [6.45, 7) is 4.36. The molecule has 3 fully saturated rings. The van der Waals surface area contributed by atoms with Gasteiger partial charge in [-0.3, -0.25) is 39.1 Å². The van der Waals surface area contributed by atoms with Crippen LogP contribution in [0.1, 0.15) is 70.4 Å². The summed E-state index contributed by atoms with van der Waals surface area (Å²) in [5.41, 5.74) is 6.64. The predicted octanol–water partition coefficient (Wildman–Crippen LogP) is 5.30. The Kier molecular flexibility index (Phi) is 9.00. The van der Waals surface area contributed by atoms with Gasteiger partial charge in [-0.05, 0) is 94.8 Å². The lowest BCUT2D eigenvalue weighted by Gasteiger charge is -2.47. The standard InChI is InChI=1S/C46H43N7O6/c54-33-7-9-35-29(20-33)6-8-34(28-4-2-1-3-5-28)41(35)32-23-47-45(48-24-32)52-18-14-46(15-19-52)12-16-51(17-13-46)40(56)27-50-25-30-21-36-37(22-31(30)26-50)44(59)53(43(36)58)38-10-11-39(55)49-42(38)57/h1-9,20-24,38,54H,10-19,25-27H2,(H,49,55,57). The molecule has 1 atom stereocenters. The summed E-state index contributed by atoms with van der Waals surface area (Å²) in [5.74, 6) is -1.05. The van der Waals surface area contributed by atoms with E-state index in [0.29, 0.717) is 32.1 Å². The molecular weight excluding hydrogens is 747 g/mol. The van der Waals surface area contributed by atoms with Crippen molar-refractivity contribution >= 4 is 46.3 Å². The minimum Gasteiger partial charge on any atom is -0.508 e. The molecule has 1 unspecified atom stereocenters. The molecule has 5 aromatic rings. The third-order valence-corrected chi connectivity index (χ3v) is 13.2. The average molecular weight is 790 g/mol. The van der Waals surface area contributed by atoms with Crippen molar-refractivity contribution in [1.29, 1.82) is 0 Å². The highest BCUT2D eigenvalue weighted by atomic mass is 16.3. The Labute approximate surface area is 340 Å². The minimum atomic E-state index is -0.998. The zero-order valence-corrected chi connectivity index (χ0v) is 32.5. The smallest absolute Gasteiger partial charge is 0.262 e. The number of phenols is 1. The number of hydrogen-bond acceptors (Lipinski definition) is 10. The topological polar surface area (TPSA) is 156 Å². The van der Waals surface area contributed by atoms with E-state index in [0.717, 1.165) is 87.8 Å². The summed E-state index contributed by atoms with van der Waals surface area (Å²) >= 11 is 0. The van der Waals surface area contributed by atoms with Crippen LogP contribution in [-0.2, 0) is 27.5 Å². The fourth-order valence-corrected chi connectivity index (χ4v) is 9.85. The number of nitrogens with one attached hydrogen (secondary N) is 1. The lowest BCUT2D eigenvalue weighted by Crippen LogP contribution is -2.54. The number of phenolic OH excluding ortho intramolecular Hbond substituents is 1. The number of aromatic nitrogens is 2. The molecule has 298 valence electrons. The number of benzene rings is 4. The summed E-state index contributed by atoms with van der Waals surface area (Å²) in [6.07, 6.45) is 7.93. The lowest BCUT2D eigenvalue weighted by molar-refractivity contribution is -0.137. The molecule has 0 radical (unpaired) electrons. The second-order valence-corrected chi connectivity index (χ2v) is 16.7. The fraction of sp³-hybridized carbons (Fsp3) is 0.326. The molecular formula is C46H43N7O6. The number of carbonyl (C=O) groups is 5. The minimum absolute atomic E-state index is 0.0739. The Hall–Kier alpha value is -6.47. The van der Waals surface area contributed by atoms with Gasteiger partial charge in [0.15, 0.2) is 0 Å². The van der Waals surface area contributed by atoms with Crippen LogP contribution in [0.3, 0.4) is 0 Å². The maximum Gasteiger partial charge on any atom is 0.262 e. The molecule has 13 nitrogen and oxygen atoms in total. The number of piperidine rings is 3. The Morgan fingerprint density at radius 3 is 2.08 bits per heavy atom. The first-order chi connectivity index (χ1) is 28.6. The third-order valence-electron chi connectivity index (χ3n) is 13.2. The number of nitrogens with zero attached hydrogens (tertiary/aromatic N) is 6. The summed E-state index contributed by atoms with van der Waals surface area (Å²) in [4.78, 5) is 81.3. The van der Waals surface area contributed by atoms with E-state index < -0.39 is 29.7 Å². The van der Waals surface area contributed by atoms with Crippen molar-refractivity contribution in [1.82, 2.24) is 30.0 Å². The van der Waals surface area contributed by atoms with Crippen LogP contribution in [0.2, 0.25) is 0 Å². The van der Waals surface area contributed by atoms with Gasteiger partial charge in [0, 0.05) is 69.2 Å². The second kappa shape index (κ2) is 14.4. The van der Waals surface area contributed by atoms with Crippen molar-refractivity contribution in [2.24, 2.45) is 5.41 Å². The van der Waals surface area contributed by atoms with Gasteiger partial charge in [-0.1, -0.05) is 48.5 Å². The van der Waals surface area contributed by atoms with Crippen LogP contribution in [0.4, 0.5) is 5.95 Å².